The van der Waals surface area contributed by atoms with Crippen LogP contribution in [-0.4, -0.2) is 83.8 Å². The van der Waals surface area contributed by atoms with Crippen molar-refractivity contribution in [2.24, 2.45) is 5.73 Å². The molecule has 5 N–H and O–H groups in total. The molecule has 6 atom stereocenters. The van der Waals surface area contributed by atoms with Crippen molar-refractivity contribution in [1.29, 1.82) is 0 Å². The van der Waals surface area contributed by atoms with Gasteiger partial charge in [0.2, 0.25) is 0 Å². The van der Waals surface area contributed by atoms with E-state index in [1.165, 1.54) is 154 Å². The molecule has 0 unspecified atom stereocenters. The SMILES string of the molecule is CCCCCCCCCCCCCCCCCC(=O)OC[C@H](CO[C@H]1O[C@H](CN)[C@@H](O)[C@H](O)[C@H]1O)OC(=O)CCCCCCCCCCCCCCCCC. The van der Waals surface area contributed by atoms with Crippen molar-refractivity contribution in [2.75, 3.05) is 19.8 Å². The Morgan fingerprint density at radius 2 is 0.873 bits per heavy atom. The van der Waals surface area contributed by atoms with Gasteiger partial charge < -0.3 is 40.0 Å². The van der Waals surface area contributed by atoms with Crippen LogP contribution in [0.4, 0.5) is 0 Å². The van der Waals surface area contributed by atoms with Gasteiger partial charge in [-0.2, -0.15) is 0 Å². The Balaban J connectivity index is 2.30. The Bertz CT molecular complexity index is 875. The monoisotopic (exact) mass is 786 g/mol. The van der Waals surface area contributed by atoms with Crippen LogP contribution in [-0.2, 0) is 28.5 Å². The maximum Gasteiger partial charge on any atom is 0.306 e. The summed E-state index contributed by atoms with van der Waals surface area (Å²) in [5, 5.41) is 30.7. The molecule has 0 aromatic heterocycles. The van der Waals surface area contributed by atoms with Gasteiger partial charge in [-0.15, -0.1) is 0 Å². The topological polar surface area (TPSA) is 158 Å². The zero-order valence-corrected chi connectivity index (χ0v) is 35.6. The van der Waals surface area contributed by atoms with Gasteiger partial charge in [-0.3, -0.25) is 9.59 Å². The maximum atomic E-state index is 12.8. The number of esters is 2. The molecule has 1 heterocycles. The van der Waals surface area contributed by atoms with Crippen LogP contribution in [0, 0.1) is 0 Å². The third-order valence-corrected chi connectivity index (χ3v) is 11.0. The van der Waals surface area contributed by atoms with E-state index in [1.807, 2.05) is 0 Å². The van der Waals surface area contributed by atoms with Gasteiger partial charge in [0, 0.05) is 19.4 Å². The summed E-state index contributed by atoms with van der Waals surface area (Å²) < 4.78 is 22.4. The summed E-state index contributed by atoms with van der Waals surface area (Å²) >= 11 is 0. The summed E-state index contributed by atoms with van der Waals surface area (Å²) in [7, 11) is 0. The highest BCUT2D eigenvalue weighted by atomic mass is 16.7. The van der Waals surface area contributed by atoms with Gasteiger partial charge in [0.1, 0.15) is 31.0 Å². The summed E-state index contributed by atoms with van der Waals surface area (Å²) in [6, 6.07) is 0. The van der Waals surface area contributed by atoms with Crippen molar-refractivity contribution < 1.29 is 43.9 Å². The number of carbonyl (C=O) groups is 2. The van der Waals surface area contributed by atoms with Crippen LogP contribution in [0.2, 0.25) is 0 Å². The smallest absolute Gasteiger partial charge is 0.306 e. The second kappa shape index (κ2) is 37.0. The van der Waals surface area contributed by atoms with E-state index in [0.29, 0.717) is 6.42 Å². The lowest BCUT2D eigenvalue weighted by Crippen LogP contribution is -2.60. The van der Waals surface area contributed by atoms with Crippen LogP contribution in [0.15, 0.2) is 0 Å². The summed E-state index contributed by atoms with van der Waals surface area (Å²) in [6.07, 6.45) is 30.4. The number of ether oxygens (including phenoxy) is 4. The molecule has 1 rings (SSSR count). The lowest BCUT2D eigenvalue weighted by Gasteiger charge is -2.40. The number of hydrogen-bond donors (Lipinski definition) is 4. The second-order valence-corrected chi connectivity index (χ2v) is 16.3. The summed E-state index contributed by atoms with van der Waals surface area (Å²) in [5.41, 5.74) is 5.65. The van der Waals surface area contributed by atoms with Crippen LogP contribution in [0.3, 0.4) is 0 Å². The fourth-order valence-electron chi connectivity index (χ4n) is 7.35. The molecule has 0 radical (unpaired) electrons. The minimum atomic E-state index is -1.53. The zero-order valence-electron chi connectivity index (χ0n) is 35.6. The van der Waals surface area contributed by atoms with Gasteiger partial charge in [0.25, 0.3) is 0 Å². The van der Waals surface area contributed by atoms with Gasteiger partial charge >= 0.3 is 11.9 Å². The molecular weight excluding hydrogens is 698 g/mol. The zero-order chi connectivity index (χ0) is 40.2. The van der Waals surface area contributed by atoms with E-state index >= 15 is 0 Å². The van der Waals surface area contributed by atoms with Crippen molar-refractivity contribution >= 4 is 11.9 Å². The van der Waals surface area contributed by atoms with Crippen molar-refractivity contribution in [3.8, 4) is 0 Å². The van der Waals surface area contributed by atoms with Crippen molar-refractivity contribution in [3.05, 3.63) is 0 Å². The molecule has 0 spiro atoms. The summed E-state index contributed by atoms with van der Waals surface area (Å²) in [4.78, 5) is 25.4. The molecule has 0 aromatic rings. The normalized spacial score (nSPS) is 20.4. The van der Waals surface area contributed by atoms with E-state index in [2.05, 4.69) is 13.8 Å². The molecule has 1 fully saturated rings. The molecule has 0 amide bonds. The fourth-order valence-corrected chi connectivity index (χ4v) is 7.35. The second-order valence-electron chi connectivity index (χ2n) is 16.3. The quantitative estimate of drug-likeness (QED) is 0.0349. The first kappa shape index (κ1) is 51.7. The van der Waals surface area contributed by atoms with Crippen LogP contribution in [0.5, 0.6) is 0 Å². The number of hydrogen-bond acceptors (Lipinski definition) is 10. The molecule has 0 aromatic carbocycles. The van der Waals surface area contributed by atoms with E-state index in [0.717, 1.165) is 38.5 Å². The average Bonchev–Trinajstić information content (AvgIpc) is 3.18. The lowest BCUT2D eigenvalue weighted by atomic mass is 9.99. The number of carbonyl (C=O) groups excluding carboxylic acids is 2. The maximum absolute atomic E-state index is 12.8. The van der Waals surface area contributed by atoms with Crippen molar-refractivity contribution in [1.82, 2.24) is 0 Å². The van der Waals surface area contributed by atoms with Gasteiger partial charge in [-0.05, 0) is 12.8 Å². The van der Waals surface area contributed by atoms with Crippen molar-refractivity contribution in [2.45, 2.75) is 256 Å². The van der Waals surface area contributed by atoms with Crippen LogP contribution in [0.25, 0.3) is 0 Å². The highest BCUT2D eigenvalue weighted by molar-refractivity contribution is 5.70. The molecule has 55 heavy (non-hydrogen) atoms. The number of aliphatic hydroxyl groups excluding tert-OH is 3. The molecule has 10 heteroatoms. The van der Waals surface area contributed by atoms with Crippen LogP contribution in [0.1, 0.15) is 219 Å². The Morgan fingerprint density at radius 1 is 0.509 bits per heavy atom. The average molecular weight is 786 g/mol. The first-order valence-corrected chi connectivity index (χ1v) is 23.2. The summed E-state index contributed by atoms with van der Waals surface area (Å²) in [6.45, 7) is 4.03. The molecule has 1 aliphatic heterocycles. The molecule has 0 bridgehead atoms. The highest BCUT2D eigenvalue weighted by Gasteiger charge is 2.44. The number of nitrogens with two attached hydrogens (primary N) is 1. The third kappa shape index (κ3) is 28.7. The molecule has 1 saturated heterocycles. The Labute approximate surface area is 336 Å². The van der Waals surface area contributed by atoms with E-state index in [1.54, 1.807) is 0 Å². The summed E-state index contributed by atoms with van der Waals surface area (Å²) in [5.74, 6) is -0.754. The highest BCUT2D eigenvalue weighted by Crippen LogP contribution is 2.22. The molecule has 1 aliphatic rings. The largest absolute Gasteiger partial charge is 0.462 e. The van der Waals surface area contributed by atoms with Crippen molar-refractivity contribution in [3.63, 3.8) is 0 Å². The molecule has 0 saturated carbocycles. The van der Waals surface area contributed by atoms with Gasteiger partial charge in [0.05, 0.1) is 6.61 Å². The first-order chi connectivity index (χ1) is 26.8. The third-order valence-electron chi connectivity index (χ3n) is 11.0. The van der Waals surface area contributed by atoms with E-state index in [9.17, 15) is 24.9 Å². The Kier molecular flexibility index (Phi) is 34.8. The molecule has 0 aliphatic carbocycles. The minimum absolute atomic E-state index is 0.0839. The standard InChI is InChI=1S/C45H87NO9/c1-3-5-7-9-11-13-15-17-19-21-23-25-27-29-31-33-40(47)52-36-38(37-53-45-44(51)43(50)42(49)39(35-46)55-45)54-41(48)34-32-30-28-26-24-22-20-18-16-14-12-10-8-6-4-2/h38-39,42-45,49-51H,3-37,46H2,1-2H3/t38-,39-,42-,43+,44-,45+/m1/s1. The van der Waals surface area contributed by atoms with Gasteiger partial charge in [-0.25, -0.2) is 0 Å². The van der Waals surface area contributed by atoms with Crippen LogP contribution < -0.4 is 5.73 Å². The minimum Gasteiger partial charge on any atom is -0.462 e. The van der Waals surface area contributed by atoms with E-state index in [4.69, 9.17) is 24.7 Å². The molecule has 10 nitrogen and oxygen atoms in total. The first-order valence-electron chi connectivity index (χ1n) is 23.2. The predicted molar refractivity (Wildman–Crippen MR) is 222 cm³/mol. The van der Waals surface area contributed by atoms with Gasteiger partial charge in [0.15, 0.2) is 12.4 Å². The lowest BCUT2D eigenvalue weighted by molar-refractivity contribution is -0.299. The molecular formula is C45H87NO9. The fraction of sp³-hybridized carbons (Fsp3) is 0.956. The number of unbranched alkanes of at least 4 members (excludes halogenated alkanes) is 28. The number of aliphatic hydroxyl groups is 3. The van der Waals surface area contributed by atoms with Gasteiger partial charge in [-0.1, -0.05) is 194 Å². The van der Waals surface area contributed by atoms with E-state index in [-0.39, 0.29) is 32.1 Å². The Morgan fingerprint density at radius 3 is 1.25 bits per heavy atom. The predicted octanol–water partition coefficient (Wildman–Crippen LogP) is 9.75. The van der Waals surface area contributed by atoms with Crippen LogP contribution >= 0.6 is 0 Å². The molecule has 326 valence electrons. The van der Waals surface area contributed by atoms with E-state index < -0.39 is 42.8 Å². The number of rotatable bonds is 39. The Hall–Kier alpha value is -1.30.